The third-order valence-electron chi connectivity index (χ3n) is 3.75. The van der Waals surface area contributed by atoms with Gasteiger partial charge in [-0.1, -0.05) is 35.9 Å². The molecule has 1 heterocycles. The van der Waals surface area contributed by atoms with Crippen molar-refractivity contribution in [3.8, 4) is 0 Å². The second kappa shape index (κ2) is 6.04. The van der Waals surface area contributed by atoms with Gasteiger partial charge in [-0.2, -0.15) is 0 Å². The van der Waals surface area contributed by atoms with E-state index in [1.165, 1.54) is 0 Å². The fourth-order valence-electron chi connectivity index (χ4n) is 2.71. The minimum absolute atomic E-state index is 0.0992. The molecule has 0 fully saturated rings. The number of carbonyl (C=O) groups is 1. The monoisotopic (exact) mass is 330 g/mol. The molecule has 0 aromatic heterocycles. The Labute approximate surface area is 135 Å². The first-order valence-corrected chi connectivity index (χ1v) is 9.05. The Kier molecular flexibility index (Phi) is 4.09. The van der Waals surface area contributed by atoms with E-state index < -0.39 is 10.0 Å². The zero-order chi connectivity index (χ0) is 16.4. The molecule has 0 radical (unpaired) electrons. The SMILES string of the molecule is Cc1cccc(CS(=O)(=O)Nc2ccc3c(c2)C(=O)NCC3)c1. The highest BCUT2D eigenvalue weighted by Gasteiger charge is 2.18. The summed E-state index contributed by atoms with van der Waals surface area (Å²) in [6.45, 7) is 2.54. The lowest BCUT2D eigenvalue weighted by molar-refractivity contribution is 0.0946. The maximum atomic E-state index is 12.3. The summed E-state index contributed by atoms with van der Waals surface area (Å²) in [5, 5.41) is 2.76. The van der Waals surface area contributed by atoms with E-state index in [0.717, 1.165) is 23.1 Å². The molecule has 2 N–H and O–H groups in total. The predicted octanol–water partition coefficient (Wildman–Crippen LogP) is 2.22. The van der Waals surface area contributed by atoms with Crippen LogP contribution in [0.3, 0.4) is 0 Å². The van der Waals surface area contributed by atoms with Crippen LogP contribution in [-0.4, -0.2) is 20.9 Å². The zero-order valence-electron chi connectivity index (χ0n) is 12.8. The quantitative estimate of drug-likeness (QED) is 0.902. The van der Waals surface area contributed by atoms with Crippen LogP contribution < -0.4 is 10.0 Å². The summed E-state index contributed by atoms with van der Waals surface area (Å²) < 4.78 is 27.2. The molecule has 2 aromatic carbocycles. The first-order chi connectivity index (χ1) is 10.9. The fraction of sp³-hybridized carbons (Fsp3) is 0.235. The molecule has 2 aromatic rings. The predicted molar refractivity (Wildman–Crippen MR) is 89.9 cm³/mol. The highest BCUT2D eigenvalue weighted by atomic mass is 32.2. The number of sulfonamides is 1. The number of fused-ring (bicyclic) bond motifs is 1. The van der Waals surface area contributed by atoms with Crippen molar-refractivity contribution in [3.05, 3.63) is 64.7 Å². The topological polar surface area (TPSA) is 75.3 Å². The molecule has 23 heavy (non-hydrogen) atoms. The molecule has 0 saturated heterocycles. The van der Waals surface area contributed by atoms with Crippen molar-refractivity contribution >= 4 is 21.6 Å². The van der Waals surface area contributed by atoms with Gasteiger partial charge in [0.1, 0.15) is 0 Å². The van der Waals surface area contributed by atoms with Gasteiger partial charge in [-0.3, -0.25) is 9.52 Å². The second-order valence-corrected chi connectivity index (χ2v) is 7.45. The van der Waals surface area contributed by atoms with Crippen LogP contribution in [0.25, 0.3) is 0 Å². The number of hydrogen-bond donors (Lipinski definition) is 2. The van der Waals surface area contributed by atoms with E-state index in [-0.39, 0.29) is 11.7 Å². The van der Waals surface area contributed by atoms with Crippen molar-refractivity contribution < 1.29 is 13.2 Å². The first-order valence-electron chi connectivity index (χ1n) is 7.40. The summed E-state index contributed by atoms with van der Waals surface area (Å²) in [7, 11) is -3.53. The highest BCUT2D eigenvalue weighted by molar-refractivity contribution is 7.91. The van der Waals surface area contributed by atoms with Crippen molar-refractivity contribution in [1.82, 2.24) is 5.32 Å². The maximum absolute atomic E-state index is 12.3. The molecule has 1 aliphatic rings. The van der Waals surface area contributed by atoms with Crippen LogP contribution in [0.15, 0.2) is 42.5 Å². The average Bonchev–Trinajstić information content (AvgIpc) is 2.47. The fourth-order valence-corrected chi connectivity index (χ4v) is 3.89. The smallest absolute Gasteiger partial charge is 0.251 e. The van der Waals surface area contributed by atoms with Crippen LogP contribution in [0, 0.1) is 6.92 Å². The molecular weight excluding hydrogens is 312 g/mol. The Balaban J connectivity index is 1.81. The third-order valence-corrected chi connectivity index (χ3v) is 5.01. The van der Waals surface area contributed by atoms with Gasteiger partial charge in [0, 0.05) is 17.8 Å². The van der Waals surface area contributed by atoms with Crippen LogP contribution >= 0.6 is 0 Å². The number of benzene rings is 2. The molecule has 1 amide bonds. The standard InChI is InChI=1S/C17H18N2O3S/c1-12-3-2-4-13(9-12)11-23(21,22)19-15-6-5-14-7-8-18-17(20)16(14)10-15/h2-6,9-10,19H,7-8,11H2,1H3,(H,18,20). The van der Waals surface area contributed by atoms with Gasteiger partial charge in [0.2, 0.25) is 10.0 Å². The van der Waals surface area contributed by atoms with E-state index in [0.29, 0.717) is 17.8 Å². The van der Waals surface area contributed by atoms with E-state index in [9.17, 15) is 13.2 Å². The van der Waals surface area contributed by atoms with Crippen molar-refractivity contribution in [2.24, 2.45) is 0 Å². The summed E-state index contributed by atoms with van der Waals surface area (Å²) in [6.07, 6.45) is 0.761. The Bertz CT molecular complexity index is 860. The van der Waals surface area contributed by atoms with Gasteiger partial charge in [-0.25, -0.2) is 8.42 Å². The number of aryl methyl sites for hydroxylation is 1. The van der Waals surface area contributed by atoms with Crippen molar-refractivity contribution in [2.75, 3.05) is 11.3 Å². The highest BCUT2D eigenvalue weighted by Crippen LogP contribution is 2.21. The van der Waals surface area contributed by atoms with Crippen molar-refractivity contribution in [1.29, 1.82) is 0 Å². The lowest BCUT2D eigenvalue weighted by Crippen LogP contribution is -2.31. The van der Waals surface area contributed by atoms with Gasteiger partial charge >= 0.3 is 0 Å². The Hall–Kier alpha value is -2.34. The number of anilines is 1. The molecule has 3 rings (SSSR count). The van der Waals surface area contributed by atoms with Crippen LogP contribution in [-0.2, 0) is 22.2 Å². The van der Waals surface area contributed by atoms with E-state index in [1.54, 1.807) is 24.3 Å². The summed E-state index contributed by atoms with van der Waals surface area (Å²) in [6, 6.07) is 12.5. The molecule has 0 saturated carbocycles. The minimum atomic E-state index is -3.53. The van der Waals surface area contributed by atoms with Crippen LogP contribution in [0.1, 0.15) is 27.0 Å². The average molecular weight is 330 g/mol. The third kappa shape index (κ3) is 3.71. The normalized spacial score (nSPS) is 14.0. The Morgan fingerprint density at radius 3 is 2.78 bits per heavy atom. The van der Waals surface area contributed by atoms with Crippen molar-refractivity contribution in [2.45, 2.75) is 19.1 Å². The molecule has 0 atom stereocenters. The van der Waals surface area contributed by atoms with Crippen LogP contribution in [0.5, 0.6) is 0 Å². The lowest BCUT2D eigenvalue weighted by Gasteiger charge is -2.17. The largest absolute Gasteiger partial charge is 0.352 e. The Morgan fingerprint density at radius 1 is 1.17 bits per heavy atom. The van der Waals surface area contributed by atoms with Gasteiger partial charge in [0.25, 0.3) is 5.91 Å². The van der Waals surface area contributed by atoms with Crippen molar-refractivity contribution in [3.63, 3.8) is 0 Å². The zero-order valence-corrected chi connectivity index (χ0v) is 13.6. The number of nitrogens with one attached hydrogen (secondary N) is 2. The van der Waals surface area contributed by atoms with E-state index >= 15 is 0 Å². The van der Waals surface area contributed by atoms with Gasteiger partial charge in [0.15, 0.2) is 0 Å². The maximum Gasteiger partial charge on any atom is 0.251 e. The molecular formula is C17H18N2O3S. The number of amides is 1. The summed E-state index contributed by atoms with van der Waals surface area (Å²) in [4.78, 5) is 11.8. The first kappa shape index (κ1) is 15.6. The summed E-state index contributed by atoms with van der Waals surface area (Å²) >= 11 is 0. The van der Waals surface area contributed by atoms with Gasteiger partial charge in [-0.15, -0.1) is 0 Å². The molecule has 1 aliphatic heterocycles. The summed E-state index contributed by atoms with van der Waals surface area (Å²) in [5.74, 6) is -0.260. The molecule has 6 heteroatoms. The van der Waals surface area contributed by atoms with Crippen LogP contribution in [0.4, 0.5) is 5.69 Å². The molecule has 0 spiro atoms. The second-order valence-electron chi connectivity index (χ2n) is 5.73. The molecule has 0 unspecified atom stereocenters. The summed E-state index contributed by atoms with van der Waals surface area (Å²) in [5.41, 5.74) is 3.63. The molecule has 0 aliphatic carbocycles. The van der Waals surface area contributed by atoms with E-state index in [4.69, 9.17) is 0 Å². The van der Waals surface area contributed by atoms with Gasteiger partial charge in [0.05, 0.1) is 5.75 Å². The minimum Gasteiger partial charge on any atom is -0.352 e. The lowest BCUT2D eigenvalue weighted by atomic mass is 10.00. The van der Waals surface area contributed by atoms with E-state index in [1.807, 2.05) is 25.1 Å². The molecule has 120 valence electrons. The van der Waals surface area contributed by atoms with Gasteiger partial charge < -0.3 is 5.32 Å². The Morgan fingerprint density at radius 2 is 2.00 bits per heavy atom. The molecule has 5 nitrogen and oxygen atoms in total. The number of carbonyl (C=O) groups excluding carboxylic acids is 1. The van der Waals surface area contributed by atoms with Crippen LogP contribution in [0.2, 0.25) is 0 Å². The number of rotatable bonds is 4. The number of hydrogen-bond acceptors (Lipinski definition) is 3. The van der Waals surface area contributed by atoms with Gasteiger partial charge in [-0.05, 0) is 36.6 Å². The molecule has 0 bridgehead atoms. The van der Waals surface area contributed by atoms with E-state index in [2.05, 4.69) is 10.0 Å².